The predicted octanol–water partition coefficient (Wildman–Crippen LogP) is 6.27. The van der Waals surface area contributed by atoms with E-state index in [-0.39, 0.29) is 5.97 Å². The van der Waals surface area contributed by atoms with Gasteiger partial charge in [0.25, 0.3) is 0 Å². The number of hydrogen-bond donors (Lipinski definition) is 1. The van der Waals surface area contributed by atoms with Gasteiger partial charge in [0.2, 0.25) is 0 Å². The van der Waals surface area contributed by atoms with Crippen LogP contribution in [0.1, 0.15) is 116 Å². The lowest BCUT2D eigenvalue weighted by Gasteiger charge is -2.04. The molecule has 0 heterocycles. The van der Waals surface area contributed by atoms with Gasteiger partial charge in [0, 0.05) is 12.8 Å². The van der Waals surface area contributed by atoms with Gasteiger partial charge in [-0.1, -0.05) is 83.5 Å². The molecule has 0 atom stereocenters. The number of aliphatic carboxylic acids is 1. The molecule has 25 heavy (non-hydrogen) atoms. The molecule has 148 valence electrons. The Morgan fingerprint density at radius 3 is 1.24 bits per heavy atom. The van der Waals surface area contributed by atoms with Crippen LogP contribution < -0.4 is 0 Å². The molecule has 0 unspecified atom stereocenters. The maximum absolute atomic E-state index is 11.2. The number of unbranched alkanes of at least 4 members (excludes halogenated alkanes) is 14. The molecule has 0 aromatic rings. The fraction of sp³-hybridized carbons (Fsp3) is 0.905. The fourth-order valence-corrected chi connectivity index (χ4v) is 3.08. The third kappa shape index (κ3) is 20.9. The third-order valence-electron chi connectivity index (χ3n) is 4.58. The molecule has 0 saturated carbocycles. The van der Waals surface area contributed by atoms with Crippen molar-refractivity contribution < 1.29 is 19.4 Å². The van der Waals surface area contributed by atoms with Crippen LogP contribution in [0.3, 0.4) is 0 Å². The standard InChI is InChI=1S/C21H40O4/c1-2-25-21(24)19-17-15-13-11-9-7-5-3-4-6-8-10-12-14-16-18-20(22)23/h2-19H2,1H3,(H,22,23). The molecule has 0 radical (unpaired) electrons. The van der Waals surface area contributed by atoms with Crippen molar-refractivity contribution in [3.8, 4) is 0 Å². The van der Waals surface area contributed by atoms with Crippen molar-refractivity contribution in [1.82, 2.24) is 0 Å². The maximum atomic E-state index is 11.2. The molecule has 0 aromatic carbocycles. The number of rotatable bonds is 19. The first-order valence-electron chi connectivity index (χ1n) is 10.5. The van der Waals surface area contributed by atoms with Crippen molar-refractivity contribution >= 4 is 11.9 Å². The molecule has 0 aliphatic carbocycles. The Balaban J connectivity index is 3.05. The minimum atomic E-state index is -0.670. The zero-order chi connectivity index (χ0) is 18.6. The first-order valence-corrected chi connectivity index (χ1v) is 10.5. The SMILES string of the molecule is CCOC(=O)CCCCCCCCCCCCCCCCCC(=O)O. The molecule has 0 saturated heterocycles. The van der Waals surface area contributed by atoms with Gasteiger partial charge in [0.15, 0.2) is 0 Å². The number of esters is 1. The summed E-state index contributed by atoms with van der Waals surface area (Å²) in [4.78, 5) is 21.5. The third-order valence-corrected chi connectivity index (χ3v) is 4.58. The van der Waals surface area contributed by atoms with Crippen LogP contribution in [0.25, 0.3) is 0 Å². The normalized spacial score (nSPS) is 10.8. The summed E-state index contributed by atoms with van der Waals surface area (Å²) in [5.41, 5.74) is 0. The monoisotopic (exact) mass is 356 g/mol. The number of ether oxygens (including phenoxy) is 1. The molecular formula is C21H40O4. The summed E-state index contributed by atoms with van der Waals surface area (Å²) < 4.78 is 4.91. The maximum Gasteiger partial charge on any atom is 0.305 e. The van der Waals surface area contributed by atoms with Crippen LogP contribution in [0.15, 0.2) is 0 Å². The van der Waals surface area contributed by atoms with Gasteiger partial charge in [-0.15, -0.1) is 0 Å². The summed E-state index contributed by atoms with van der Waals surface area (Å²) in [6.45, 7) is 2.34. The molecule has 0 amide bonds. The number of carbonyl (C=O) groups is 2. The van der Waals surface area contributed by atoms with Crippen molar-refractivity contribution in [3.63, 3.8) is 0 Å². The van der Waals surface area contributed by atoms with Crippen LogP contribution in [-0.4, -0.2) is 23.7 Å². The van der Waals surface area contributed by atoms with Gasteiger partial charge in [-0.05, 0) is 19.8 Å². The van der Waals surface area contributed by atoms with E-state index in [0.29, 0.717) is 19.4 Å². The van der Waals surface area contributed by atoms with E-state index in [9.17, 15) is 9.59 Å². The van der Waals surface area contributed by atoms with Gasteiger partial charge in [0.05, 0.1) is 6.61 Å². The Morgan fingerprint density at radius 2 is 0.920 bits per heavy atom. The molecular weight excluding hydrogens is 316 g/mol. The van der Waals surface area contributed by atoms with Crippen molar-refractivity contribution in [1.29, 1.82) is 0 Å². The first-order chi connectivity index (χ1) is 12.2. The van der Waals surface area contributed by atoms with E-state index in [1.807, 2.05) is 6.92 Å². The van der Waals surface area contributed by atoms with Gasteiger partial charge in [-0.2, -0.15) is 0 Å². The number of carbonyl (C=O) groups excluding carboxylic acids is 1. The summed E-state index contributed by atoms with van der Waals surface area (Å²) in [7, 11) is 0. The van der Waals surface area contributed by atoms with E-state index in [4.69, 9.17) is 9.84 Å². The van der Waals surface area contributed by atoms with Gasteiger partial charge in [-0.25, -0.2) is 0 Å². The van der Waals surface area contributed by atoms with E-state index in [1.165, 1.54) is 70.6 Å². The quantitative estimate of drug-likeness (QED) is 0.219. The van der Waals surface area contributed by atoms with Crippen LogP contribution in [0.4, 0.5) is 0 Å². The summed E-state index contributed by atoms with van der Waals surface area (Å²) in [6, 6.07) is 0. The minimum absolute atomic E-state index is 0.0530. The van der Waals surface area contributed by atoms with Gasteiger partial charge in [0.1, 0.15) is 0 Å². The molecule has 0 aromatic heterocycles. The second-order valence-corrected chi connectivity index (χ2v) is 7.00. The van der Waals surface area contributed by atoms with Gasteiger partial charge in [-0.3, -0.25) is 9.59 Å². The first kappa shape index (κ1) is 23.9. The Kier molecular flexibility index (Phi) is 18.5. The number of carboxylic acid groups (broad SMARTS) is 1. The molecule has 0 fully saturated rings. The minimum Gasteiger partial charge on any atom is -0.481 e. The van der Waals surface area contributed by atoms with Crippen LogP contribution in [0.2, 0.25) is 0 Å². The number of carboxylic acids is 1. The number of hydrogen-bond acceptors (Lipinski definition) is 3. The average Bonchev–Trinajstić information content (AvgIpc) is 2.57. The molecule has 0 bridgehead atoms. The zero-order valence-corrected chi connectivity index (χ0v) is 16.4. The highest BCUT2D eigenvalue weighted by atomic mass is 16.5. The van der Waals surface area contributed by atoms with E-state index < -0.39 is 5.97 Å². The second kappa shape index (κ2) is 19.3. The second-order valence-electron chi connectivity index (χ2n) is 7.00. The largest absolute Gasteiger partial charge is 0.481 e. The topological polar surface area (TPSA) is 63.6 Å². The van der Waals surface area contributed by atoms with Crippen molar-refractivity contribution in [3.05, 3.63) is 0 Å². The summed E-state index contributed by atoms with van der Waals surface area (Å²) in [6.07, 6.45) is 19.2. The summed E-state index contributed by atoms with van der Waals surface area (Å²) in [5.74, 6) is -0.723. The lowest BCUT2D eigenvalue weighted by Crippen LogP contribution is -2.03. The molecule has 1 N–H and O–H groups in total. The highest BCUT2D eigenvalue weighted by Gasteiger charge is 2.00. The van der Waals surface area contributed by atoms with Crippen LogP contribution in [0.5, 0.6) is 0 Å². The lowest BCUT2D eigenvalue weighted by molar-refractivity contribution is -0.143. The van der Waals surface area contributed by atoms with E-state index in [1.54, 1.807) is 0 Å². The van der Waals surface area contributed by atoms with Crippen molar-refractivity contribution in [2.45, 2.75) is 116 Å². The van der Waals surface area contributed by atoms with Gasteiger partial charge < -0.3 is 9.84 Å². The Bertz CT molecular complexity index is 315. The van der Waals surface area contributed by atoms with Gasteiger partial charge >= 0.3 is 11.9 Å². The molecule has 4 nitrogen and oxygen atoms in total. The molecule has 0 rings (SSSR count). The van der Waals surface area contributed by atoms with Crippen molar-refractivity contribution in [2.75, 3.05) is 6.61 Å². The Labute approximate surface area is 154 Å². The zero-order valence-electron chi connectivity index (χ0n) is 16.4. The highest BCUT2D eigenvalue weighted by Crippen LogP contribution is 2.14. The van der Waals surface area contributed by atoms with Crippen LogP contribution in [-0.2, 0) is 14.3 Å². The highest BCUT2D eigenvalue weighted by molar-refractivity contribution is 5.69. The summed E-state index contributed by atoms with van der Waals surface area (Å²) in [5, 5.41) is 8.55. The molecule has 0 aliphatic heterocycles. The predicted molar refractivity (Wildman–Crippen MR) is 103 cm³/mol. The molecule has 4 heteroatoms. The molecule has 0 aliphatic rings. The average molecular weight is 357 g/mol. The van der Waals surface area contributed by atoms with Crippen molar-refractivity contribution in [2.24, 2.45) is 0 Å². The van der Waals surface area contributed by atoms with E-state index in [0.717, 1.165) is 25.7 Å². The Morgan fingerprint density at radius 1 is 0.600 bits per heavy atom. The lowest BCUT2D eigenvalue weighted by atomic mass is 10.0. The smallest absolute Gasteiger partial charge is 0.305 e. The van der Waals surface area contributed by atoms with Crippen LogP contribution in [0, 0.1) is 0 Å². The van der Waals surface area contributed by atoms with E-state index in [2.05, 4.69) is 0 Å². The fourth-order valence-electron chi connectivity index (χ4n) is 3.08. The van der Waals surface area contributed by atoms with E-state index >= 15 is 0 Å². The van der Waals surface area contributed by atoms with Crippen LogP contribution >= 0.6 is 0 Å². The summed E-state index contributed by atoms with van der Waals surface area (Å²) >= 11 is 0. The molecule has 0 spiro atoms. The Hall–Kier alpha value is -1.06.